The van der Waals surface area contributed by atoms with Gasteiger partial charge in [-0.25, -0.2) is 0 Å². The fourth-order valence-electron chi connectivity index (χ4n) is 1.50. The van der Waals surface area contributed by atoms with Crippen molar-refractivity contribution in [2.75, 3.05) is 0 Å². The Morgan fingerprint density at radius 2 is 1.88 bits per heavy atom. The fourth-order valence-corrected chi connectivity index (χ4v) is 2.04. The number of hydrogen-bond acceptors (Lipinski definition) is 2. The van der Waals surface area contributed by atoms with E-state index in [4.69, 9.17) is 5.26 Å². The smallest absolute Gasteiger partial charge is 0.198 e. The summed E-state index contributed by atoms with van der Waals surface area (Å²) in [5.41, 5.74) is -3.49. The highest BCUT2D eigenvalue weighted by molar-refractivity contribution is 8.00. The second-order valence-electron chi connectivity index (χ2n) is 3.59. The second kappa shape index (κ2) is 5.97. The molecule has 0 N–H and O–H groups in total. The topological polar surface area (TPSA) is 23.8 Å². The predicted molar refractivity (Wildman–Crippen MR) is 61.6 cm³/mol. The van der Waals surface area contributed by atoms with E-state index in [0.717, 1.165) is 18.4 Å². The molecule has 0 saturated heterocycles. The molecule has 0 fully saturated rings. The maximum Gasteiger partial charge on any atom is 0.446 e. The van der Waals surface area contributed by atoms with Crippen LogP contribution in [0.1, 0.15) is 31.2 Å². The van der Waals surface area contributed by atoms with Crippen LogP contribution in [0.2, 0.25) is 0 Å². The summed E-state index contributed by atoms with van der Waals surface area (Å²) in [6, 6.07) is 8.17. The highest BCUT2D eigenvalue weighted by atomic mass is 32.2. The molecule has 1 atom stereocenters. The molecule has 0 bridgehead atoms. The Kier molecular flexibility index (Phi) is 4.88. The maximum atomic E-state index is 12.1. The Bertz CT molecular complexity index is 392. The average Bonchev–Trinajstić information content (AvgIpc) is 2.25. The second-order valence-corrected chi connectivity index (χ2v) is 4.73. The van der Waals surface area contributed by atoms with Gasteiger partial charge in [0, 0.05) is 4.90 Å². The van der Waals surface area contributed by atoms with Gasteiger partial charge in [0.05, 0.1) is 12.0 Å². The minimum absolute atomic E-state index is 0.141. The molecule has 17 heavy (non-hydrogen) atoms. The standard InChI is InChI=1S/C12H12F3NS/c1-2-3-10(8-16)9-4-6-11(7-5-9)17-12(13,14)15/h4-7,10H,2-3H2,1H3. The van der Waals surface area contributed by atoms with Crippen molar-refractivity contribution in [3.8, 4) is 6.07 Å². The van der Waals surface area contributed by atoms with E-state index in [9.17, 15) is 13.2 Å². The van der Waals surface area contributed by atoms with E-state index in [1.165, 1.54) is 12.1 Å². The van der Waals surface area contributed by atoms with E-state index in [2.05, 4.69) is 6.07 Å². The molecule has 0 aliphatic heterocycles. The summed E-state index contributed by atoms with van der Waals surface area (Å²) in [6.45, 7) is 1.97. The monoisotopic (exact) mass is 259 g/mol. The lowest BCUT2D eigenvalue weighted by Crippen LogP contribution is -1.99. The van der Waals surface area contributed by atoms with Crippen LogP contribution in [0.15, 0.2) is 29.2 Å². The number of thioether (sulfide) groups is 1. The molecule has 0 aromatic heterocycles. The van der Waals surface area contributed by atoms with Crippen LogP contribution in [0.3, 0.4) is 0 Å². The van der Waals surface area contributed by atoms with Crippen molar-refractivity contribution in [3.05, 3.63) is 29.8 Å². The van der Waals surface area contributed by atoms with Crippen LogP contribution in [0.4, 0.5) is 13.2 Å². The summed E-state index contributed by atoms with van der Waals surface area (Å²) < 4.78 is 36.3. The third-order valence-corrected chi connectivity index (χ3v) is 2.99. The van der Waals surface area contributed by atoms with Crippen LogP contribution in [-0.2, 0) is 0 Å². The number of benzene rings is 1. The molecule has 1 aromatic carbocycles. The molecule has 1 rings (SSSR count). The van der Waals surface area contributed by atoms with Crippen molar-refractivity contribution >= 4 is 11.8 Å². The Hall–Kier alpha value is -1.15. The van der Waals surface area contributed by atoms with E-state index in [-0.39, 0.29) is 22.6 Å². The van der Waals surface area contributed by atoms with Crippen LogP contribution in [0.25, 0.3) is 0 Å². The molecular weight excluding hydrogens is 247 g/mol. The molecule has 0 heterocycles. The first-order chi connectivity index (χ1) is 7.96. The predicted octanol–water partition coefficient (Wildman–Crippen LogP) is 4.71. The molecule has 1 nitrogen and oxygen atoms in total. The number of hydrogen-bond donors (Lipinski definition) is 0. The first kappa shape index (κ1) is 13.9. The summed E-state index contributed by atoms with van der Waals surface area (Å²) in [4.78, 5) is 0.148. The average molecular weight is 259 g/mol. The molecule has 0 amide bonds. The minimum Gasteiger partial charge on any atom is -0.198 e. The SMILES string of the molecule is CCCC(C#N)c1ccc(SC(F)(F)F)cc1. The largest absolute Gasteiger partial charge is 0.446 e. The summed E-state index contributed by atoms with van der Waals surface area (Å²) in [7, 11) is 0. The molecule has 0 radical (unpaired) electrons. The van der Waals surface area contributed by atoms with E-state index in [1.807, 2.05) is 6.92 Å². The fraction of sp³-hybridized carbons (Fsp3) is 0.417. The lowest BCUT2D eigenvalue weighted by atomic mass is 9.96. The van der Waals surface area contributed by atoms with Gasteiger partial charge < -0.3 is 0 Å². The highest BCUT2D eigenvalue weighted by Crippen LogP contribution is 2.37. The van der Waals surface area contributed by atoms with Gasteiger partial charge in [-0.1, -0.05) is 25.5 Å². The molecule has 1 unspecified atom stereocenters. The molecule has 1 aromatic rings. The van der Waals surface area contributed by atoms with Gasteiger partial charge in [-0.05, 0) is 35.9 Å². The van der Waals surface area contributed by atoms with Crippen molar-refractivity contribution in [3.63, 3.8) is 0 Å². The Morgan fingerprint density at radius 1 is 1.29 bits per heavy atom. The van der Waals surface area contributed by atoms with Crippen molar-refractivity contribution < 1.29 is 13.2 Å². The van der Waals surface area contributed by atoms with Crippen LogP contribution in [0.5, 0.6) is 0 Å². The summed E-state index contributed by atoms with van der Waals surface area (Å²) in [5.74, 6) is -0.232. The number of nitriles is 1. The third kappa shape index (κ3) is 4.70. The number of alkyl halides is 3. The van der Waals surface area contributed by atoms with Crippen LogP contribution >= 0.6 is 11.8 Å². The molecule has 0 aliphatic carbocycles. The molecular formula is C12H12F3NS. The van der Waals surface area contributed by atoms with Gasteiger partial charge in [-0.3, -0.25) is 0 Å². The van der Waals surface area contributed by atoms with Gasteiger partial charge in [0.25, 0.3) is 0 Å². The van der Waals surface area contributed by atoms with Gasteiger partial charge in [0.15, 0.2) is 0 Å². The Labute approximate surface area is 103 Å². The van der Waals surface area contributed by atoms with Gasteiger partial charge >= 0.3 is 5.51 Å². The van der Waals surface area contributed by atoms with Crippen molar-refractivity contribution in [2.45, 2.75) is 36.1 Å². The quantitative estimate of drug-likeness (QED) is 0.731. The lowest BCUT2D eigenvalue weighted by molar-refractivity contribution is -0.0328. The van der Waals surface area contributed by atoms with E-state index >= 15 is 0 Å². The third-order valence-electron chi connectivity index (χ3n) is 2.25. The first-order valence-electron chi connectivity index (χ1n) is 5.21. The Morgan fingerprint density at radius 3 is 2.29 bits per heavy atom. The van der Waals surface area contributed by atoms with E-state index in [0.29, 0.717) is 0 Å². The van der Waals surface area contributed by atoms with Crippen molar-refractivity contribution in [1.29, 1.82) is 5.26 Å². The normalized spacial score (nSPS) is 13.1. The van der Waals surface area contributed by atoms with Crippen LogP contribution < -0.4 is 0 Å². The van der Waals surface area contributed by atoms with Crippen LogP contribution in [-0.4, -0.2) is 5.51 Å². The molecule has 0 spiro atoms. The number of halogens is 3. The molecule has 0 saturated carbocycles. The van der Waals surface area contributed by atoms with Gasteiger partial charge in [0.2, 0.25) is 0 Å². The van der Waals surface area contributed by atoms with Gasteiger partial charge in [-0.2, -0.15) is 18.4 Å². The first-order valence-corrected chi connectivity index (χ1v) is 6.03. The Balaban J connectivity index is 2.77. The molecule has 5 heteroatoms. The lowest BCUT2D eigenvalue weighted by Gasteiger charge is -2.09. The van der Waals surface area contributed by atoms with Crippen molar-refractivity contribution in [1.82, 2.24) is 0 Å². The minimum atomic E-state index is -4.26. The highest BCUT2D eigenvalue weighted by Gasteiger charge is 2.29. The van der Waals surface area contributed by atoms with Gasteiger partial charge in [0.1, 0.15) is 0 Å². The van der Waals surface area contributed by atoms with Crippen molar-refractivity contribution in [2.24, 2.45) is 0 Å². The summed E-state index contributed by atoms with van der Waals surface area (Å²) >= 11 is -0.141. The number of rotatable bonds is 4. The zero-order chi connectivity index (χ0) is 12.9. The van der Waals surface area contributed by atoms with E-state index in [1.54, 1.807) is 12.1 Å². The zero-order valence-corrected chi connectivity index (χ0v) is 10.1. The molecule has 92 valence electrons. The summed E-state index contributed by atoms with van der Waals surface area (Å²) in [5, 5.41) is 8.93. The molecule has 0 aliphatic rings. The number of nitrogens with zero attached hydrogens (tertiary/aromatic N) is 1. The van der Waals surface area contributed by atoms with E-state index < -0.39 is 5.51 Å². The zero-order valence-electron chi connectivity index (χ0n) is 9.29. The van der Waals surface area contributed by atoms with Gasteiger partial charge in [-0.15, -0.1) is 0 Å². The van der Waals surface area contributed by atoms with Crippen LogP contribution in [0, 0.1) is 11.3 Å². The summed E-state index contributed by atoms with van der Waals surface area (Å²) in [6.07, 6.45) is 1.60. The maximum absolute atomic E-state index is 12.1.